The van der Waals surface area contributed by atoms with E-state index >= 15 is 0 Å². The summed E-state index contributed by atoms with van der Waals surface area (Å²) in [6.07, 6.45) is 4.79. The third kappa shape index (κ3) is 2.20. The van der Waals surface area contributed by atoms with Gasteiger partial charge >= 0.3 is 0 Å². The molecule has 0 bridgehead atoms. The Balaban J connectivity index is 1.93. The zero-order chi connectivity index (χ0) is 14.1. The number of hydrogen-bond acceptors (Lipinski definition) is 3. The van der Waals surface area contributed by atoms with E-state index in [-0.39, 0.29) is 6.04 Å². The van der Waals surface area contributed by atoms with Crippen molar-refractivity contribution in [2.24, 2.45) is 14.1 Å². The number of rotatable bonds is 4. The standard InChI is InChI=1S/C15H19N5/c1-16-13(11-9-17-19(2)10-11)8-15-18-12-6-4-5-7-14(12)20(15)3/h4-7,9-10,13,16H,8H2,1-3H3. The largest absolute Gasteiger partial charge is 0.331 e. The number of hydrogen-bond donors (Lipinski definition) is 1. The van der Waals surface area contributed by atoms with E-state index in [0.29, 0.717) is 0 Å². The Labute approximate surface area is 118 Å². The van der Waals surface area contributed by atoms with E-state index < -0.39 is 0 Å². The van der Waals surface area contributed by atoms with Crippen molar-refractivity contribution in [3.05, 3.63) is 48.0 Å². The summed E-state index contributed by atoms with van der Waals surface area (Å²) in [6, 6.07) is 8.45. The number of likely N-dealkylation sites (N-methyl/N-ethyl adjacent to an activating group) is 1. The first-order valence-corrected chi connectivity index (χ1v) is 6.75. The maximum absolute atomic E-state index is 4.73. The second-order valence-corrected chi connectivity index (χ2v) is 5.07. The van der Waals surface area contributed by atoms with Crippen molar-refractivity contribution in [3.8, 4) is 0 Å². The van der Waals surface area contributed by atoms with Crippen LogP contribution in [0.3, 0.4) is 0 Å². The van der Waals surface area contributed by atoms with Gasteiger partial charge in [-0.2, -0.15) is 5.10 Å². The van der Waals surface area contributed by atoms with E-state index in [9.17, 15) is 0 Å². The number of imidazole rings is 1. The van der Waals surface area contributed by atoms with Gasteiger partial charge in [-0.1, -0.05) is 12.1 Å². The molecule has 1 aromatic carbocycles. The normalized spacial score (nSPS) is 12.9. The molecular formula is C15H19N5. The van der Waals surface area contributed by atoms with Crippen LogP contribution in [0.1, 0.15) is 17.4 Å². The lowest BCUT2D eigenvalue weighted by atomic mass is 10.1. The number of benzene rings is 1. The average molecular weight is 269 g/mol. The molecule has 1 unspecified atom stereocenters. The Kier molecular flexibility index (Phi) is 3.28. The molecular weight excluding hydrogens is 250 g/mol. The van der Waals surface area contributed by atoms with E-state index in [0.717, 1.165) is 17.8 Å². The van der Waals surface area contributed by atoms with Crippen molar-refractivity contribution in [2.45, 2.75) is 12.5 Å². The third-order valence-corrected chi connectivity index (χ3v) is 3.74. The maximum Gasteiger partial charge on any atom is 0.111 e. The molecule has 0 aliphatic carbocycles. The highest BCUT2D eigenvalue weighted by Gasteiger charge is 2.16. The Hall–Kier alpha value is -2.14. The van der Waals surface area contributed by atoms with Gasteiger partial charge in [0.1, 0.15) is 5.82 Å². The molecule has 3 rings (SSSR count). The summed E-state index contributed by atoms with van der Waals surface area (Å²) in [5, 5.41) is 7.59. The molecule has 1 N–H and O–H groups in total. The number of fused-ring (bicyclic) bond motifs is 1. The van der Waals surface area contributed by atoms with Crippen molar-refractivity contribution in [3.63, 3.8) is 0 Å². The van der Waals surface area contributed by atoms with Crippen LogP contribution < -0.4 is 5.32 Å². The molecule has 104 valence electrons. The fourth-order valence-electron chi connectivity index (χ4n) is 2.57. The van der Waals surface area contributed by atoms with Gasteiger partial charge in [0.05, 0.1) is 17.2 Å². The van der Waals surface area contributed by atoms with Crippen LogP contribution in [0.4, 0.5) is 0 Å². The minimum atomic E-state index is 0.221. The molecule has 2 heterocycles. The summed E-state index contributed by atoms with van der Waals surface area (Å²) < 4.78 is 3.99. The lowest BCUT2D eigenvalue weighted by molar-refractivity contribution is 0.565. The number of aromatic nitrogens is 4. The fraction of sp³-hybridized carbons (Fsp3) is 0.333. The molecule has 20 heavy (non-hydrogen) atoms. The zero-order valence-electron chi connectivity index (χ0n) is 12.0. The van der Waals surface area contributed by atoms with Gasteiger partial charge < -0.3 is 9.88 Å². The first kappa shape index (κ1) is 12.9. The van der Waals surface area contributed by atoms with Gasteiger partial charge in [-0.05, 0) is 19.2 Å². The summed E-state index contributed by atoms with van der Waals surface area (Å²) >= 11 is 0. The lowest BCUT2D eigenvalue weighted by Crippen LogP contribution is -2.20. The Morgan fingerprint density at radius 3 is 2.70 bits per heavy atom. The smallest absolute Gasteiger partial charge is 0.111 e. The topological polar surface area (TPSA) is 47.7 Å². The Bertz CT molecular complexity index is 725. The molecule has 0 aliphatic heterocycles. The van der Waals surface area contributed by atoms with Crippen molar-refractivity contribution >= 4 is 11.0 Å². The number of para-hydroxylation sites is 2. The van der Waals surface area contributed by atoms with E-state index in [4.69, 9.17) is 4.98 Å². The van der Waals surface area contributed by atoms with Gasteiger partial charge in [0.2, 0.25) is 0 Å². The summed E-state index contributed by atoms with van der Waals surface area (Å²) in [6.45, 7) is 0. The van der Waals surface area contributed by atoms with Crippen LogP contribution in [0.5, 0.6) is 0 Å². The molecule has 0 aliphatic rings. The predicted octanol–water partition coefficient (Wildman–Crippen LogP) is 1.81. The molecule has 5 nitrogen and oxygen atoms in total. The van der Waals surface area contributed by atoms with Gasteiger partial charge in [0.25, 0.3) is 0 Å². The molecule has 3 aromatic rings. The molecule has 0 amide bonds. The number of aryl methyl sites for hydroxylation is 2. The van der Waals surface area contributed by atoms with Gasteiger partial charge in [-0.3, -0.25) is 4.68 Å². The minimum Gasteiger partial charge on any atom is -0.331 e. The summed E-state index contributed by atoms with van der Waals surface area (Å²) in [5.41, 5.74) is 3.40. The van der Waals surface area contributed by atoms with Gasteiger partial charge in [0.15, 0.2) is 0 Å². The SMILES string of the molecule is CNC(Cc1nc2ccccc2n1C)c1cnn(C)c1. The fourth-order valence-corrected chi connectivity index (χ4v) is 2.57. The highest BCUT2D eigenvalue weighted by Crippen LogP contribution is 2.20. The molecule has 0 fully saturated rings. The number of nitrogens with zero attached hydrogens (tertiary/aromatic N) is 4. The number of nitrogens with one attached hydrogen (secondary N) is 1. The van der Waals surface area contributed by atoms with E-state index in [2.05, 4.69) is 34.2 Å². The summed E-state index contributed by atoms with van der Waals surface area (Å²) in [5.74, 6) is 1.08. The molecule has 0 spiro atoms. The second kappa shape index (κ2) is 5.09. The predicted molar refractivity (Wildman–Crippen MR) is 79.4 cm³/mol. The van der Waals surface area contributed by atoms with Crippen molar-refractivity contribution in [1.29, 1.82) is 0 Å². The molecule has 0 saturated heterocycles. The maximum atomic E-state index is 4.73. The third-order valence-electron chi connectivity index (χ3n) is 3.74. The summed E-state index contributed by atoms with van der Waals surface area (Å²) in [7, 11) is 5.98. The van der Waals surface area contributed by atoms with Crippen molar-refractivity contribution in [1.82, 2.24) is 24.6 Å². The van der Waals surface area contributed by atoms with Gasteiger partial charge in [-0.15, -0.1) is 0 Å². The first-order chi connectivity index (χ1) is 9.69. The Morgan fingerprint density at radius 2 is 2.05 bits per heavy atom. The van der Waals surface area contributed by atoms with Gasteiger partial charge in [-0.25, -0.2) is 4.98 Å². The monoisotopic (exact) mass is 269 g/mol. The molecule has 1 atom stereocenters. The zero-order valence-corrected chi connectivity index (χ0v) is 12.0. The van der Waals surface area contributed by atoms with Crippen molar-refractivity contribution < 1.29 is 0 Å². The quantitative estimate of drug-likeness (QED) is 0.786. The van der Waals surface area contributed by atoms with E-state index in [1.54, 1.807) is 0 Å². The van der Waals surface area contributed by atoms with Crippen LogP contribution in [0, 0.1) is 0 Å². The molecule has 2 aromatic heterocycles. The van der Waals surface area contributed by atoms with Crippen LogP contribution in [0.25, 0.3) is 11.0 Å². The lowest BCUT2D eigenvalue weighted by Gasteiger charge is -2.14. The van der Waals surface area contributed by atoms with Crippen LogP contribution >= 0.6 is 0 Å². The van der Waals surface area contributed by atoms with Gasteiger partial charge in [0, 0.05) is 38.3 Å². The summed E-state index contributed by atoms with van der Waals surface area (Å²) in [4.78, 5) is 4.73. The van der Waals surface area contributed by atoms with E-state index in [1.165, 1.54) is 11.1 Å². The second-order valence-electron chi connectivity index (χ2n) is 5.07. The first-order valence-electron chi connectivity index (χ1n) is 6.75. The molecule has 5 heteroatoms. The molecule has 0 saturated carbocycles. The van der Waals surface area contributed by atoms with E-state index in [1.807, 2.05) is 43.3 Å². The Morgan fingerprint density at radius 1 is 1.25 bits per heavy atom. The highest BCUT2D eigenvalue weighted by atomic mass is 15.2. The van der Waals surface area contributed by atoms with Crippen LogP contribution in [0.15, 0.2) is 36.7 Å². The minimum absolute atomic E-state index is 0.221. The van der Waals surface area contributed by atoms with Crippen molar-refractivity contribution in [2.75, 3.05) is 7.05 Å². The van der Waals surface area contributed by atoms with Crippen LogP contribution in [-0.4, -0.2) is 26.4 Å². The van der Waals surface area contributed by atoms with Crippen LogP contribution in [0.2, 0.25) is 0 Å². The highest BCUT2D eigenvalue weighted by molar-refractivity contribution is 5.75. The molecule has 0 radical (unpaired) electrons. The average Bonchev–Trinajstić information content (AvgIpc) is 3.01. The van der Waals surface area contributed by atoms with Crippen LogP contribution in [-0.2, 0) is 20.5 Å².